The predicted octanol–water partition coefficient (Wildman–Crippen LogP) is 5.81. The number of carbonyl (C=O) groups is 2. The Balaban J connectivity index is 1.60. The van der Waals surface area contributed by atoms with Gasteiger partial charge in [0.25, 0.3) is 11.8 Å². The van der Waals surface area contributed by atoms with E-state index in [4.69, 9.17) is 0 Å². The number of halogens is 1. The summed E-state index contributed by atoms with van der Waals surface area (Å²) in [5.74, 6) is 1.20. The Hall–Kier alpha value is -2.97. The molecule has 1 heterocycles. The number of amides is 2. The molecule has 0 radical (unpaired) electrons. The van der Waals surface area contributed by atoms with Crippen molar-refractivity contribution in [2.45, 2.75) is 42.5 Å². The molecule has 0 aromatic heterocycles. The minimum Gasteiger partial charge on any atom is -0.352 e. The van der Waals surface area contributed by atoms with Crippen LogP contribution in [0.1, 0.15) is 52.5 Å². The fourth-order valence-electron chi connectivity index (χ4n) is 3.96. The molecule has 0 saturated heterocycles. The number of nitrogens with zero attached hydrogens (tertiary/aromatic N) is 1. The number of nitrogens with one attached hydrogen (secondary N) is 1. The van der Waals surface area contributed by atoms with Crippen molar-refractivity contribution in [3.63, 3.8) is 0 Å². The molecule has 36 heavy (non-hydrogen) atoms. The van der Waals surface area contributed by atoms with E-state index in [1.54, 1.807) is 54.6 Å². The summed E-state index contributed by atoms with van der Waals surface area (Å²) in [5.41, 5.74) is 1.88. The largest absolute Gasteiger partial charge is 0.352 e. The summed E-state index contributed by atoms with van der Waals surface area (Å²) < 4.78 is 27.0. The fraction of sp³-hybridized carbons (Fsp3) is 0.286. The average molecular weight is 525 g/mol. The highest BCUT2D eigenvalue weighted by Gasteiger charge is 2.31. The van der Waals surface area contributed by atoms with E-state index in [9.17, 15) is 18.2 Å². The van der Waals surface area contributed by atoms with E-state index in [2.05, 4.69) is 12.2 Å². The standard InChI is InChI=1S/C28H29FN2O3S2/c1-2-3-16-35-17-6-15-30-27(32)21-11-14-26-24(18-21)31(19-20-9-12-22(29)13-10-20)28(33)23-7-4-5-8-25(23)36(26)34/h4-5,7-14,18H,2-3,6,15-17,19H2,1H3,(H,30,32). The second-order valence-electron chi connectivity index (χ2n) is 8.54. The molecule has 0 spiro atoms. The summed E-state index contributed by atoms with van der Waals surface area (Å²) in [4.78, 5) is 28.9. The molecule has 1 aliphatic rings. The average Bonchev–Trinajstić information content (AvgIpc) is 2.98. The maximum atomic E-state index is 13.6. The molecular weight excluding hydrogens is 495 g/mol. The van der Waals surface area contributed by atoms with Gasteiger partial charge in [0.15, 0.2) is 0 Å². The molecule has 2 amide bonds. The molecule has 0 fully saturated rings. The van der Waals surface area contributed by atoms with E-state index in [-0.39, 0.29) is 24.2 Å². The van der Waals surface area contributed by atoms with Gasteiger partial charge in [-0.2, -0.15) is 11.8 Å². The van der Waals surface area contributed by atoms with E-state index in [1.165, 1.54) is 29.9 Å². The molecule has 1 unspecified atom stereocenters. The second kappa shape index (κ2) is 12.3. The Labute approximate surface area is 217 Å². The molecule has 4 rings (SSSR count). The van der Waals surface area contributed by atoms with Crippen LogP contribution in [-0.2, 0) is 17.3 Å². The van der Waals surface area contributed by atoms with Crippen molar-refractivity contribution in [3.05, 3.63) is 89.2 Å². The molecule has 1 aliphatic heterocycles. The van der Waals surface area contributed by atoms with Crippen molar-refractivity contribution >= 4 is 40.1 Å². The molecule has 3 aromatic carbocycles. The third-order valence-corrected chi connectivity index (χ3v) is 8.58. The number of unbranched alkanes of at least 4 members (excludes halogenated alkanes) is 1. The molecule has 3 aromatic rings. The first kappa shape index (κ1) is 26.1. The van der Waals surface area contributed by atoms with Gasteiger partial charge in [0, 0.05) is 12.1 Å². The van der Waals surface area contributed by atoms with Gasteiger partial charge >= 0.3 is 0 Å². The third-order valence-electron chi connectivity index (χ3n) is 5.92. The van der Waals surface area contributed by atoms with Crippen LogP contribution >= 0.6 is 11.8 Å². The van der Waals surface area contributed by atoms with Gasteiger partial charge in [0.1, 0.15) is 5.82 Å². The minimum absolute atomic E-state index is 0.150. The van der Waals surface area contributed by atoms with Crippen molar-refractivity contribution in [2.24, 2.45) is 0 Å². The van der Waals surface area contributed by atoms with Gasteiger partial charge in [0.2, 0.25) is 0 Å². The number of carbonyl (C=O) groups excluding carboxylic acids is 2. The maximum Gasteiger partial charge on any atom is 0.259 e. The van der Waals surface area contributed by atoms with Gasteiger partial charge in [-0.1, -0.05) is 37.6 Å². The molecule has 0 saturated carbocycles. The van der Waals surface area contributed by atoms with Crippen LogP contribution < -0.4 is 10.2 Å². The third kappa shape index (κ3) is 6.05. The van der Waals surface area contributed by atoms with Gasteiger partial charge in [-0.15, -0.1) is 0 Å². The van der Waals surface area contributed by atoms with Crippen LogP contribution in [0.15, 0.2) is 76.5 Å². The van der Waals surface area contributed by atoms with E-state index < -0.39 is 10.8 Å². The zero-order chi connectivity index (χ0) is 25.5. The van der Waals surface area contributed by atoms with Crippen molar-refractivity contribution in [1.29, 1.82) is 0 Å². The first-order valence-electron chi connectivity index (χ1n) is 12.1. The van der Waals surface area contributed by atoms with Gasteiger partial charge in [-0.25, -0.2) is 8.60 Å². The number of rotatable bonds is 10. The quantitative estimate of drug-likeness (QED) is 0.340. The lowest BCUT2D eigenvalue weighted by molar-refractivity contribution is 0.0950. The van der Waals surface area contributed by atoms with Crippen LogP contribution in [0.2, 0.25) is 0 Å². The summed E-state index contributed by atoms with van der Waals surface area (Å²) in [7, 11) is -1.60. The van der Waals surface area contributed by atoms with Gasteiger partial charge in [0.05, 0.1) is 38.4 Å². The Morgan fingerprint density at radius 1 is 1.00 bits per heavy atom. The first-order valence-corrected chi connectivity index (χ1v) is 14.4. The molecule has 5 nitrogen and oxygen atoms in total. The number of fused-ring (bicyclic) bond motifs is 2. The molecule has 1 N–H and O–H groups in total. The number of benzene rings is 3. The molecular formula is C28H29FN2O3S2. The van der Waals surface area contributed by atoms with Gasteiger partial charge in [-0.05, 0) is 72.4 Å². The minimum atomic E-state index is -1.60. The SMILES string of the molecule is CCCCSCCCNC(=O)c1ccc2c(c1)N(Cc1ccc(F)cc1)C(=O)c1ccccc1S2=O. The van der Waals surface area contributed by atoms with Gasteiger partial charge in [-0.3, -0.25) is 9.59 Å². The smallest absolute Gasteiger partial charge is 0.259 e. The highest BCUT2D eigenvalue weighted by atomic mass is 32.2. The van der Waals surface area contributed by atoms with E-state index >= 15 is 0 Å². The van der Waals surface area contributed by atoms with Crippen molar-refractivity contribution in [2.75, 3.05) is 23.0 Å². The Morgan fingerprint density at radius 2 is 1.75 bits per heavy atom. The van der Waals surface area contributed by atoms with Crippen molar-refractivity contribution < 1.29 is 18.2 Å². The van der Waals surface area contributed by atoms with E-state index in [1.807, 2.05) is 11.8 Å². The van der Waals surface area contributed by atoms with Crippen molar-refractivity contribution in [3.8, 4) is 0 Å². The lowest BCUT2D eigenvalue weighted by Crippen LogP contribution is -2.31. The second-order valence-corrected chi connectivity index (χ2v) is 11.2. The Bertz CT molecular complexity index is 1260. The topological polar surface area (TPSA) is 66.5 Å². The monoisotopic (exact) mass is 524 g/mol. The highest BCUT2D eigenvalue weighted by molar-refractivity contribution is 7.99. The summed E-state index contributed by atoms with van der Waals surface area (Å²) in [5, 5.41) is 2.95. The summed E-state index contributed by atoms with van der Waals surface area (Å²) in [6.07, 6.45) is 3.25. The van der Waals surface area contributed by atoms with Crippen LogP contribution in [0.5, 0.6) is 0 Å². The Morgan fingerprint density at radius 3 is 2.53 bits per heavy atom. The van der Waals surface area contributed by atoms with Crippen LogP contribution in [0.4, 0.5) is 10.1 Å². The van der Waals surface area contributed by atoms with E-state index in [0.717, 1.165) is 23.5 Å². The first-order chi connectivity index (χ1) is 17.5. The zero-order valence-corrected chi connectivity index (χ0v) is 21.8. The molecule has 0 aliphatic carbocycles. The molecule has 1 atom stereocenters. The lowest BCUT2D eigenvalue weighted by Gasteiger charge is -2.23. The van der Waals surface area contributed by atoms with Crippen LogP contribution in [0.3, 0.4) is 0 Å². The maximum absolute atomic E-state index is 13.6. The Kier molecular flexibility index (Phi) is 8.93. The predicted molar refractivity (Wildman–Crippen MR) is 144 cm³/mol. The van der Waals surface area contributed by atoms with Crippen LogP contribution in [0, 0.1) is 5.82 Å². The number of thioether (sulfide) groups is 1. The molecule has 188 valence electrons. The summed E-state index contributed by atoms with van der Waals surface area (Å²) >= 11 is 1.89. The molecule has 0 bridgehead atoms. The zero-order valence-electron chi connectivity index (χ0n) is 20.2. The van der Waals surface area contributed by atoms with Crippen LogP contribution in [-0.4, -0.2) is 34.1 Å². The van der Waals surface area contributed by atoms with Crippen molar-refractivity contribution in [1.82, 2.24) is 5.32 Å². The fourth-order valence-corrected chi connectivity index (χ4v) is 6.35. The number of hydrogen-bond acceptors (Lipinski definition) is 4. The van der Waals surface area contributed by atoms with Crippen LogP contribution in [0.25, 0.3) is 0 Å². The number of anilines is 1. The molecule has 8 heteroatoms. The summed E-state index contributed by atoms with van der Waals surface area (Å²) in [6, 6.07) is 17.7. The summed E-state index contributed by atoms with van der Waals surface area (Å²) in [6.45, 7) is 2.88. The van der Waals surface area contributed by atoms with E-state index in [0.29, 0.717) is 33.2 Å². The van der Waals surface area contributed by atoms with Gasteiger partial charge < -0.3 is 10.2 Å². The lowest BCUT2D eigenvalue weighted by atomic mass is 10.1. The normalized spacial score (nSPS) is 14.7. The number of hydrogen-bond donors (Lipinski definition) is 1. The highest BCUT2D eigenvalue weighted by Crippen LogP contribution is 2.36.